The number of hydrogen-bond acceptors (Lipinski definition) is 6. The first kappa shape index (κ1) is 21.8. The van der Waals surface area contributed by atoms with Crippen LogP contribution in [0.3, 0.4) is 0 Å². The van der Waals surface area contributed by atoms with Gasteiger partial charge in [0.2, 0.25) is 5.91 Å². The topological polar surface area (TPSA) is 93.0 Å². The molecule has 0 radical (unpaired) electrons. The summed E-state index contributed by atoms with van der Waals surface area (Å²) in [6, 6.07) is 15.1. The van der Waals surface area contributed by atoms with Crippen molar-refractivity contribution >= 4 is 23.5 Å². The van der Waals surface area contributed by atoms with Gasteiger partial charge in [-0.15, -0.1) is 0 Å². The van der Waals surface area contributed by atoms with Gasteiger partial charge >= 0.3 is 0 Å². The SMILES string of the molecule is CSNCCCc1ccc(N2C(=O)CC2c2ccc(C(O)(CO)CO)cc2)cc1. The molecule has 1 amide bonds. The first-order valence-electron chi connectivity index (χ1n) is 9.74. The Morgan fingerprint density at radius 2 is 1.76 bits per heavy atom. The Balaban J connectivity index is 1.68. The largest absolute Gasteiger partial charge is 0.393 e. The van der Waals surface area contributed by atoms with E-state index in [1.54, 1.807) is 29.0 Å². The Kier molecular flexibility index (Phi) is 7.32. The summed E-state index contributed by atoms with van der Waals surface area (Å²) >= 11 is 1.62. The predicted octanol–water partition coefficient (Wildman–Crippen LogP) is 2.14. The van der Waals surface area contributed by atoms with Crippen molar-refractivity contribution in [2.75, 3.05) is 30.9 Å². The Hall–Kier alpha value is -1.90. The minimum Gasteiger partial charge on any atom is -0.393 e. The van der Waals surface area contributed by atoms with Crippen LogP contribution in [0.15, 0.2) is 48.5 Å². The molecule has 0 saturated carbocycles. The highest BCUT2D eigenvalue weighted by Gasteiger charge is 2.38. The van der Waals surface area contributed by atoms with Crippen LogP contribution in [-0.4, -0.2) is 47.2 Å². The second kappa shape index (κ2) is 9.73. The van der Waals surface area contributed by atoms with Gasteiger partial charge in [-0.1, -0.05) is 48.3 Å². The third-order valence-corrected chi connectivity index (χ3v) is 5.90. The number of rotatable bonds is 10. The lowest BCUT2D eigenvalue weighted by Gasteiger charge is -2.41. The van der Waals surface area contributed by atoms with E-state index in [9.17, 15) is 20.1 Å². The molecule has 1 aliphatic rings. The average Bonchev–Trinajstić information content (AvgIpc) is 2.75. The first-order chi connectivity index (χ1) is 14.0. The molecule has 7 heteroatoms. The molecule has 1 heterocycles. The van der Waals surface area contributed by atoms with Crippen molar-refractivity contribution in [3.63, 3.8) is 0 Å². The predicted molar refractivity (Wildman–Crippen MR) is 116 cm³/mol. The van der Waals surface area contributed by atoms with Gasteiger partial charge in [-0.25, -0.2) is 0 Å². The maximum Gasteiger partial charge on any atom is 0.230 e. The van der Waals surface area contributed by atoms with E-state index in [-0.39, 0.29) is 11.9 Å². The number of carbonyl (C=O) groups excluding carboxylic acids is 1. The molecule has 4 N–H and O–H groups in total. The quantitative estimate of drug-likeness (QED) is 0.269. The number of nitrogens with one attached hydrogen (secondary N) is 1. The number of hydrogen-bond donors (Lipinski definition) is 4. The van der Waals surface area contributed by atoms with E-state index in [1.807, 2.05) is 30.5 Å². The van der Waals surface area contributed by atoms with Crippen LogP contribution in [0, 0.1) is 0 Å². The lowest BCUT2D eigenvalue weighted by Crippen LogP contribution is -2.46. The third-order valence-electron chi connectivity index (χ3n) is 5.41. The number of carbonyl (C=O) groups is 1. The molecule has 29 heavy (non-hydrogen) atoms. The van der Waals surface area contributed by atoms with Crippen LogP contribution >= 0.6 is 11.9 Å². The zero-order valence-electron chi connectivity index (χ0n) is 16.5. The van der Waals surface area contributed by atoms with Gasteiger partial charge in [-0.2, -0.15) is 0 Å². The molecule has 1 unspecified atom stereocenters. The van der Waals surface area contributed by atoms with Crippen molar-refractivity contribution in [1.82, 2.24) is 4.72 Å². The maximum absolute atomic E-state index is 12.3. The molecule has 0 bridgehead atoms. The van der Waals surface area contributed by atoms with Crippen LogP contribution in [0.1, 0.15) is 35.6 Å². The van der Waals surface area contributed by atoms with Crippen LogP contribution in [0.4, 0.5) is 5.69 Å². The summed E-state index contributed by atoms with van der Waals surface area (Å²) in [4.78, 5) is 14.1. The van der Waals surface area contributed by atoms with Gasteiger partial charge in [-0.05, 0) is 47.9 Å². The minimum atomic E-state index is -1.66. The molecule has 2 aromatic carbocycles. The summed E-state index contributed by atoms with van der Waals surface area (Å²) in [6.45, 7) is -0.152. The monoisotopic (exact) mass is 416 g/mol. The fourth-order valence-electron chi connectivity index (χ4n) is 3.55. The lowest BCUT2D eigenvalue weighted by molar-refractivity contribution is -0.124. The fourth-order valence-corrected chi connectivity index (χ4v) is 3.89. The third kappa shape index (κ3) is 4.82. The van der Waals surface area contributed by atoms with Gasteiger partial charge < -0.3 is 20.2 Å². The summed E-state index contributed by atoms with van der Waals surface area (Å²) in [5.41, 5.74) is 1.87. The molecule has 1 aliphatic heterocycles. The second-order valence-corrected chi connectivity index (χ2v) is 8.02. The molecule has 0 aromatic heterocycles. The van der Waals surface area contributed by atoms with Crippen LogP contribution < -0.4 is 9.62 Å². The highest BCUT2D eigenvalue weighted by Crippen LogP contribution is 2.39. The second-order valence-electron chi connectivity index (χ2n) is 7.32. The summed E-state index contributed by atoms with van der Waals surface area (Å²) in [7, 11) is 0. The molecule has 0 spiro atoms. The number of aliphatic hydroxyl groups is 3. The molecule has 156 valence electrons. The normalized spacial score (nSPS) is 16.8. The van der Waals surface area contributed by atoms with Crippen molar-refractivity contribution < 1.29 is 20.1 Å². The number of nitrogens with zero attached hydrogens (tertiary/aromatic N) is 1. The zero-order chi connectivity index (χ0) is 20.9. The number of aliphatic hydroxyl groups excluding tert-OH is 2. The molecular weight excluding hydrogens is 388 g/mol. The Morgan fingerprint density at radius 3 is 2.31 bits per heavy atom. The molecule has 0 aliphatic carbocycles. The Bertz CT molecular complexity index is 807. The number of β-lactam (4-membered cyclic amide) rings is 1. The van der Waals surface area contributed by atoms with Gasteiger partial charge in [-0.3, -0.25) is 9.52 Å². The number of amides is 1. The molecule has 3 rings (SSSR count). The Labute approximate surface area is 175 Å². The van der Waals surface area contributed by atoms with Crippen LogP contribution in [0.2, 0.25) is 0 Å². The maximum atomic E-state index is 12.3. The summed E-state index contributed by atoms with van der Waals surface area (Å²) < 4.78 is 3.24. The summed E-state index contributed by atoms with van der Waals surface area (Å²) in [6.07, 6.45) is 4.51. The van der Waals surface area contributed by atoms with E-state index in [0.717, 1.165) is 30.6 Å². The van der Waals surface area contributed by atoms with E-state index in [2.05, 4.69) is 16.9 Å². The van der Waals surface area contributed by atoms with E-state index in [0.29, 0.717) is 12.0 Å². The lowest BCUT2D eigenvalue weighted by atomic mass is 9.89. The van der Waals surface area contributed by atoms with E-state index in [1.165, 1.54) is 5.56 Å². The van der Waals surface area contributed by atoms with Gasteiger partial charge in [0, 0.05) is 12.2 Å². The van der Waals surface area contributed by atoms with E-state index in [4.69, 9.17) is 0 Å². The van der Waals surface area contributed by atoms with Crippen molar-refractivity contribution in [2.45, 2.75) is 30.9 Å². The number of aryl methyl sites for hydroxylation is 1. The average molecular weight is 417 g/mol. The van der Waals surface area contributed by atoms with Crippen molar-refractivity contribution in [3.8, 4) is 0 Å². The van der Waals surface area contributed by atoms with Gasteiger partial charge in [0.05, 0.1) is 25.7 Å². The van der Waals surface area contributed by atoms with Gasteiger partial charge in [0.25, 0.3) is 0 Å². The summed E-state index contributed by atoms with van der Waals surface area (Å²) in [5, 5.41) is 28.9. The van der Waals surface area contributed by atoms with E-state index < -0.39 is 18.8 Å². The smallest absolute Gasteiger partial charge is 0.230 e. The summed E-state index contributed by atoms with van der Waals surface area (Å²) in [5.74, 6) is 0.0817. The highest BCUT2D eigenvalue weighted by molar-refractivity contribution is 7.96. The minimum absolute atomic E-state index is 0.0514. The van der Waals surface area contributed by atoms with Crippen molar-refractivity contribution in [3.05, 3.63) is 65.2 Å². The van der Waals surface area contributed by atoms with Crippen molar-refractivity contribution in [2.24, 2.45) is 0 Å². The Morgan fingerprint density at radius 1 is 1.10 bits per heavy atom. The van der Waals surface area contributed by atoms with Crippen molar-refractivity contribution in [1.29, 1.82) is 0 Å². The molecule has 1 fully saturated rings. The molecular formula is C22H28N2O4S. The molecule has 1 atom stereocenters. The van der Waals surface area contributed by atoms with E-state index >= 15 is 0 Å². The molecule has 6 nitrogen and oxygen atoms in total. The van der Waals surface area contributed by atoms with Gasteiger partial charge in [0.1, 0.15) is 5.60 Å². The zero-order valence-corrected chi connectivity index (χ0v) is 17.4. The molecule has 2 aromatic rings. The standard InChI is InChI=1S/C22H28N2O4S/c1-29-23-12-2-3-16-4-10-19(11-5-16)24-20(13-21(24)27)17-6-8-18(9-7-17)22(28,14-25)15-26/h4-11,20,23,25-26,28H,2-3,12-15H2,1H3. The van der Waals surface area contributed by atoms with Crippen LogP contribution in [0.25, 0.3) is 0 Å². The molecule has 1 saturated heterocycles. The fraction of sp³-hybridized carbons (Fsp3) is 0.409. The first-order valence-corrected chi connectivity index (χ1v) is 11.0. The van der Waals surface area contributed by atoms with Gasteiger partial charge in [0.15, 0.2) is 0 Å². The van der Waals surface area contributed by atoms with Crippen LogP contribution in [0.5, 0.6) is 0 Å². The number of anilines is 1. The van der Waals surface area contributed by atoms with Crippen LogP contribution in [-0.2, 0) is 16.8 Å². The number of benzene rings is 2. The highest BCUT2D eigenvalue weighted by atomic mass is 32.2.